The van der Waals surface area contributed by atoms with Crippen molar-refractivity contribution in [1.82, 2.24) is 10.4 Å². The molecule has 2 aliphatic heterocycles. The number of amidine groups is 1. The molecule has 8 nitrogen and oxygen atoms in total. The maximum Gasteiger partial charge on any atom is 0.285 e. The van der Waals surface area contributed by atoms with E-state index in [2.05, 4.69) is 9.82 Å². The molecule has 0 aromatic heterocycles. The van der Waals surface area contributed by atoms with Gasteiger partial charge in [-0.05, 0) is 24.3 Å². The van der Waals surface area contributed by atoms with E-state index in [0.29, 0.717) is 5.56 Å². The van der Waals surface area contributed by atoms with Crippen molar-refractivity contribution in [2.24, 2.45) is 10.3 Å². The van der Waals surface area contributed by atoms with E-state index in [4.69, 9.17) is 0 Å². The summed E-state index contributed by atoms with van der Waals surface area (Å²) in [5.74, 6) is -0.879. The molecule has 0 radical (unpaired) electrons. The van der Waals surface area contributed by atoms with Gasteiger partial charge < -0.3 is 4.90 Å². The van der Waals surface area contributed by atoms with Crippen LogP contribution in [0.5, 0.6) is 0 Å². The van der Waals surface area contributed by atoms with Gasteiger partial charge >= 0.3 is 0 Å². The van der Waals surface area contributed by atoms with Gasteiger partial charge in [-0.15, -0.1) is 4.40 Å². The maximum absolute atomic E-state index is 12.7. The predicted molar refractivity (Wildman–Crippen MR) is 103 cm³/mol. The number of hydrazine groups is 1. The number of para-hydroxylation sites is 1. The summed E-state index contributed by atoms with van der Waals surface area (Å²) in [4.78, 5) is 26.7. The van der Waals surface area contributed by atoms with Crippen molar-refractivity contribution < 1.29 is 18.0 Å². The van der Waals surface area contributed by atoms with Gasteiger partial charge in [0, 0.05) is 31.3 Å². The Balaban J connectivity index is 1.48. The number of benzene rings is 2. The zero-order chi connectivity index (χ0) is 19.9. The minimum absolute atomic E-state index is 0.0932. The van der Waals surface area contributed by atoms with Crippen molar-refractivity contribution in [3.05, 3.63) is 60.2 Å². The Bertz CT molecular complexity index is 1080. The number of hydrogen-bond donors (Lipinski definition) is 1. The molecule has 1 N–H and O–H groups in total. The lowest BCUT2D eigenvalue weighted by molar-refractivity contribution is -0.128. The van der Waals surface area contributed by atoms with E-state index in [1.807, 2.05) is 30.3 Å². The van der Waals surface area contributed by atoms with E-state index < -0.39 is 15.9 Å². The maximum atomic E-state index is 12.7. The first-order valence-corrected chi connectivity index (χ1v) is 10.1. The molecular formula is C19H18N4O4S. The van der Waals surface area contributed by atoms with Crippen LogP contribution in [0.3, 0.4) is 0 Å². The van der Waals surface area contributed by atoms with Gasteiger partial charge in [-0.25, -0.2) is 0 Å². The third kappa shape index (κ3) is 3.13. The highest BCUT2D eigenvalue weighted by Gasteiger charge is 2.37. The van der Waals surface area contributed by atoms with Gasteiger partial charge in [0.15, 0.2) is 5.84 Å². The number of sulfonamides is 1. The third-order valence-corrected chi connectivity index (χ3v) is 6.10. The molecule has 1 atom stereocenters. The normalized spacial score (nSPS) is 19.9. The second-order valence-electron chi connectivity index (χ2n) is 6.66. The van der Waals surface area contributed by atoms with Crippen LogP contribution in [0.2, 0.25) is 0 Å². The lowest BCUT2D eigenvalue weighted by Crippen LogP contribution is -2.46. The number of amides is 2. The molecule has 1 fully saturated rings. The second-order valence-corrected chi connectivity index (χ2v) is 8.23. The Hall–Kier alpha value is -3.20. The summed E-state index contributed by atoms with van der Waals surface area (Å²) in [6.07, 6.45) is 0.0932. The molecule has 0 unspecified atom stereocenters. The Morgan fingerprint density at radius 3 is 2.57 bits per heavy atom. The van der Waals surface area contributed by atoms with Crippen LogP contribution in [0, 0.1) is 5.92 Å². The highest BCUT2D eigenvalue weighted by Crippen LogP contribution is 2.27. The first-order chi connectivity index (χ1) is 13.4. The molecule has 2 heterocycles. The summed E-state index contributed by atoms with van der Waals surface area (Å²) >= 11 is 0. The fraction of sp³-hybridized carbons (Fsp3) is 0.211. The van der Waals surface area contributed by atoms with Crippen LogP contribution < -0.4 is 10.3 Å². The minimum atomic E-state index is -3.78. The fourth-order valence-electron chi connectivity index (χ4n) is 3.38. The number of carbonyl (C=O) groups excluding carboxylic acids is 2. The van der Waals surface area contributed by atoms with Gasteiger partial charge in [-0.1, -0.05) is 30.3 Å². The van der Waals surface area contributed by atoms with Gasteiger partial charge in [0.1, 0.15) is 4.90 Å². The van der Waals surface area contributed by atoms with Gasteiger partial charge in [0.25, 0.3) is 10.0 Å². The van der Waals surface area contributed by atoms with E-state index in [9.17, 15) is 18.0 Å². The smallest absolute Gasteiger partial charge is 0.285 e. The number of nitrogens with one attached hydrogen (secondary N) is 1. The SMILES string of the molecule is CN(NC(=O)[C@@H]1CC(=O)N(c2ccccc2)C1)C1=NS(=O)(=O)c2ccccc21. The Morgan fingerprint density at radius 1 is 1.14 bits per heavy atom. The molecule has 4 rings (SSSR count). The van der Waals surface area contributed by atoms with E-state index in [1.54, 1.807) is 23.1 Å². The number of anilines is 1. The second kappa shape index (κ2) is 6.75. The van der Waals surface area contributed by atoms with E-state index in [0.717, 1.165) is 5.69 Å². The van der Waals surface area contributed by atoms with E-state index >= 15 is 0 Å². The molecule has 0 saturated carbocycles. The zero-order valence-electron chi connectivity index (χ0n) is 15.1. The van der Waals surface area contributed by atoms with Gasteiger partial charge in [-0.3, -0.25) is 20.0 Å². The summed E-state index contributed by atoms with van der Waals surface area (Å²) in [5.41, 5.74) is 3.83. The number of hydrogen-bond acceptors (Lipinski definition) is 5. The molecule has 2 aromatic rings. The van der Waals surface area contributed by atoms with Gasteiger partial charge in [-0.2, -0.15) is 8.42 Å². The summed E-state index contributed by atoms with van der Waals surface area (Å²) in [6.45, 7) is 0.268. The zero-order valence-corrected chi connectivity index (χ0v) is 15.9. The molecule has 28 heavy (non-hydrogen) atoms. The van der Waals surface area contributed by atoms with Crippen LogP contribution in [0.25, 0.3) is 0 Å². The number of rotatable bonds is 2. The number of nitrogens with zero attached hydrogens (tertiary/aromatic N) is 3. The van der Waals surface area contributed by atoms with Crippen LogP contribution >= 0.6 is 0 Å². The molecule has 9 heteroatoms. The van der Waals surface area contributed by atoms with Crippen molar-refractivity contribution in [1.29, 1.82) is 0 Å². The van der Waals surface area contributed by atoms with Gasteiger partial charge in [0.2, 0.25) is 11.8 Å². The molecule has 0 aliphatic carbocycles. The summed E-state index contributed by atoms with van der Waals surface area (Å²) < 4.78 is 28.1. The van der Waals surface area contributed by atoms with Crippen molar-refractivity contribution in [3.63, 3.8) is 0 Å². The summed E-state index contributed by atoms with van der Waals surface area (Å²) in [6, 6.07) is 15.6. The van der Waals surface area contributed by atoms with Crippen molar-refractivity contribution in [2.75, 3.05) is 18.5 Å². The average molecular weight is 398 g/mol. The third-order valence-electron chi connectivity index (χ3n) is 4.77. The molecule has 1 saturated heterocycles. The fourth-order valence-corrected chi connectivity index (χ4v) is 4.62. The predicted octanol–water partition coefficient (Wildman–Crippen LogP) is 1.15. The summed E-state index contributed by atoms with van der Waals surface area (Å²) in [5, 5.41) is 1.29. The van der Waals surface area contributed by atoms with Crippen LogP contribution in [-0.4, -0.2) is 44.7 Å². The highest BCUT2D eigenvalue weighted by atomic mass is 32.2. The quantitative estimate of drug-likeness (QED) is 0.765. The van der Waals surface area contributed by atoms with E-state index in [-0.39, 0.29) is 35.5 Å². The monoisotopic (exact) mass is 398 g/mol. The Morgan fingerprint density at radius 2 is 1.82 bits per heavy atom. The van der Waals surface area contributed by atoms with Crippen molar-refractivity contribution in [2.45, 2.75) is 11.3 Å². The lowest BCUT2D eigenvalue weighted by Gasteiger charge is -2.22. The molecule has 2 amide bonds. The van der Waals surface area contributed by atoms with Crippen LogP contribution in [0.1, 0.15) is 12.0 Å². The molecule has 0 bridgehead atoms. The highest BCUT2D eigenvalue weighted by molar-refractivity contribution is 7.90. The molecule has 2 aromatic carbocycles. The first kappa shape index (κ1) is 18.2. The first-order valence-electron chi connectivity index (χ1n) is 8.71. The molecular weight excluding hydrogens is 380 g/mol. The van der Waals surface area contributed by atoms with Crippen LogP contribution in [0.4, 0.5) is 5.69 Å². The molecule has 0 spiro atoms. The van der Waals surface area contributed by atoms with Crippen molar-refractivity contribution >= 4 is 33.4 Å². The average Bonchev–Trinajstić information content (AvgIpc) is 3.20. The van der Waals surface area contributed by atoms with Crippen molar-refractivity contribution in [3.8, 4) is 0 Å². The Labute approximate surface area is 162 Å². The molecule has 2 aliphatic rings. The minimum Gasteiger partial charge on any atom is -0.312 e. The standard InChI is InChI=1S/C19H18N4O4S/c1-22(18-15-9-5-6-10-16(15)28(26,27)21-18)20-19(25)13-11-17(24)23(12-13)14-7-3-2-4-8-14/h2-10,13H,11-12H2,1H3,(H,20,25)/t13-/m1/s1. The lowest BCUT2D eigenvalue weighted by atomic mass is 10.1. The summed E-state index contributed by atoms with van der Waals surface area (Å²) in [7, 11) is -2.25. The van der Waals surface area contributed by atoms with Crippen LogP contribution in [-0.2, 0) is 19.6 Å². The number of carbonyl (C=O) groups is 2. The van der Waals surface area contributed by atoms with Gasteiger partial charge in [0.05, 0.1) is 5.92 Å². The van der Waals surface area contributed by atoms with Crippen LogP contribution in [0.15, 0.2) is 63.9 Å². The molecule has 144 valence electrons. The Kier molecular flexibility index (Phi) is 4.38. The topological polar surface area (TPSA) is 99.2 Å². The van der Waals surface area contributed by atoms with E-state index in [1.165, 1.54) is 18.1 Å². The largest absolute Gasteiger partial charge is 0.312 e. The number of fused-ring (bicyclic) bond motifs is 1.